The van der Waals surface area contributed by atoms with Gasteiger partial charge in [0, 0.05) is 24.9 Å². The number of halogens is 1. The molecule has 2 atom stereocenters. The summed E-state index contributed by atoms with van der Waals surface area (Å²) in [5, 5.41) is 2.92. The number of ether oxygens (including phenoxy) is 2. The molecule has 7 heteroatoms. The van der Waals surface area contributed by atoms with Crippen LogP contribution in [0, 0.1) is 5.82 Å². The van der Waals surface area contributed by atoms with Crippen LogP contribution in [0.15, 0.2) is 109 Å². The number of nitrogens with one attached hydrogen (secondary N) is 1. The number of carbonyl (C=O) groups excluding carboxylic acids is 2. The van der Waals surface area contributed by atoms with Gasteiger partial charge in [-0.05, 0) is 64.1 Å². The van der Waals surface area contributed by atoms with E-state index in [1.807, 2.05) is 60.7 Å². The number of amides is 2. The lowest BCUT2D eigenvalue weighted by molar-refractivity contribution is -0.134. The van der Waals surface area contributed by atoms with E-state index in [1.54, 1.807) is 24.1 Å². The van der Waals surface area contributed by atoms with E-state index >= 15 is 0 Å². The van der Waals surface area contributed by atoms with Crippen molar-refractivity contribution in [1.82, 2.24) is 10.2 Å². The third-order valence-electron chi connectivity index (χ3n) is 8.18. The molecule has 0 saturated heterocycles. The second-order valence-electron chi connectivity index (χ2n) is 10.9. The van der Waals surface area contributed by atoms with Gasteiger partial charge in [0.25, 0.3) is 0 Å². The smallest absolute Gasteiger partial charge is 0.407 e. The van der Waals surface area contributed by atoms with Crippen molar-refractivity contribution in [3.05, 3.63) is 137 Å². The van der Waals surface area contributed by atoms with Crippen molar-refractivity contribution in [2.75, 3.05) is 13.7 Å². The Balaban J connectivity index is 1.17. The van der Waals surface area contributed by atoms with Crippen molar-refractivity contribution in [2.24, 2.45) is 0 Å². The second kappa shape index (κ2) is 12.5. The van der Waals surface area contributed by atoms with Crippen LogP contribution in [0.1, 0.15) is 47.1 Å². The van der Waals surface area contributed by atoms with E-state index in [0.717, 1.165) is 27.8 Å². The molecule has 1 heterocycles. The van der Waals surface area contributed by atoms with Gasteiger partial charge in [-0.2, -0.15) is 0 Å². The number of hydrogen-bond acceptors (Lipinski definition) is 4. The summed E-state index contributed by atoms with van der Waals surface area (Å²) in [6.45, 7) is 0.414. The summed E-state index contributed by atoms with van der Waals surface area (Å²) in [5.74, 6) is 0.152. The zero-order valence-electron chi connectivity index (χ0n) is 23.9. The molecule has 1 aliphatic heterocycles. The standard InChI is InChI=1S/C36H33FN2O4/c1-42-28-18-16-25(17-19-28)34-15-7-10-27(21-35(40)39(34)22-24-8-6-9-26(37)20-24)38-36(41)43-23-33-31-13-4-2-11-29(31)30-12-3-5-14-32(30)33/h2-9,11-20,27,33-34H,10,21-23H2,1H3,(H,38,41)/b15-7-. The number of hydrogen-bond donors (Lipinski definition) is 1. The van der Waals surface area contributed by atoms with Gasteiger partial charge < -0.3 is 19.7 Å². The lowest BCUT2D eigenvalue weighted by atomic mass is 9.98. The number of alkyl carbamates (subject to hydrolysis) is 1. The molecule has 0 spiro atoms. The van der Waals surface area contributed by atoms with E-state index in [4.69, 9.17) is 9.47 Å². The molecular weight excluding hydrogens is 543 g/mol. The molecule has 2 unspecified atom stereocenters. The third kappa shape index (κ3) is 6.16. The van der Waals surface area contributed by atoms with Gasteiger partial charge >= 0.3 is 6.09 Å². The van der Waals surface area contributed by atoms with Gasteiger partial charge in [-0.25, -0.2) is 9.18 Å². The maximum absolute atomic E-state index is 14.0. The van der Waals surface area contributed by atoms with Gasteiger partial charge in [-0.3, -0.25) is 4.79 Å². The first-order valence-electron chi connectivity index (χ1n) is 14.5. The topological polar surface area (TPSA) is 67.9 Å². The Morgan fingerprint density at radius 1 is 0.930 bits per heavy atom. The molecule has 1 aliphatic carbocycles. The minimum absolute atomic E-state index is 0.0518. The highest BCUT2D eigenvalue weighted by atomic mass is 19.1. The average molecular weight is 577 g/mol. The summed E-state index contributed by atoms with van der Waals surface area (Å²) >= 11 is 0. The maximum Gasteiger partial charge on any atom is 0.407 e. The van der Waals surface area contributed by atoms with Crippen LogP contribution in [0.3, 0.4) is 0 Å². The Bertz CT molecular complexity index is 1610. The first-order valence-corrected chi connectivity index (χ1v) is 14.5. The Hall–Kier alpha value is -4.91. The predicted octanol–water partition coefficient (Wildman–Crippen LogP) is 7.16. The summed E-state index contributed by atoms with van der Waals surface area (Å²) < 4.78 is 25.1. The highest BCUT2D eigenvalue weighted by molar-refractivity contribution is 5.80. The summed E-state index contributed by atoms with van der Waals surface area (Å²) in [7, 11) is 1.61. The number of rotatable bonds is 7. The summed E-state index contributed by atoms with van der Waals surface area (Å²) in [5.41, 5.74) is 6.18. The predicted molar refractivity (Wildman–Crippen MR) is 163 cm³/mol. The van der Waals surface area contributed by atoms with Crippen molar-refractivity contribution in [2.45, 2.75) is 37.4 Å². The minimum atomic E-state index is -0.558. The summed E-state index contributed by atoms with van der Waals surface area (Å²) in [6, 6.07) is 29.4. The molecule has 1 N–H and O–H groups in total. The Kier molecular flexibility index (Phi) is 8.22. The number of carbonyl (C=O) groups is 2. The summed E-state index contributed by atoms with van der Waals surface area (Å²) in [4.78, 5) is 28.5. The van der Waals surface area contributed by atoms with Crippen molar-refractivity contribution in [1.29, 1.82) is 0 Å². The van der Waals surface area contributed by atoms with E-state index in [9.17, 15) is 14.0 Å². The molecule has 6 rings (SSSR count). The molecule has 2 aliphatic rings. The van der Waals surface area contributed by atoms with E-state index in [1.165, 1.54) is 12.1 Å². The van der Waals surface area contributed by atoms with E-state index < -0.39 is 12.1 Å². The zero-order valence-corrected chi connectivity index (χ0v) is 23.9. The first kappa shape index (κ1) is 28.2. The van der Waals surface area contributed by atoms with Crippen LogP contribution in [0.4, 0.5) is 9.18 Å². The van der Waals surface area contributed by atoms with Gasteiger partial charge in [0.2, 0.25) is 5.91 Å². The molecule has 6 nitrogen and oxygen atoms in total. The fourth-order valence-electron chi connectivity index (χ4n) is 6.07. The SMILES string of the molecule is COc1ccc(C2/C=C\CC(NC(=O)OCC3c4ccccc4-c4ccccc43)CC(=O)N2Cc2cccc(F)c2)cc1. The first-order chi connectivity index (χ1) is 21.0. The van der Waals surface area contributed by atoms with Crippen molar-refractivity contribution < 1.29 is 23.5 Å². The van der Waals surface area contributed by atoms with Crippen LogP contribution < -0.4 is 10.1 Å². The van der Waals surface area contributed by atoms with Gasteiger partial charge in [-0.15, -0.1) is 0 Å². The molecule has 4 aromatic carbocycles. The maximum atomic E-state index is 14.0. The van der Waals surface area contributed by atoms with Gasteiger partial charge in [0.05, 0.1) is 13.2 Å². The van der Waals surface area contributed by atoms with Crippen molar-refractivity contribution in [3.63, 3.8) is 0 Å². The highest BCUT2D eigenvalue weighted by Gasteiger charge is 2.31. The highest BCUT2D eigenvalue weighted by Crippen LogP contribution is 2.44. The lowest BCUT2D eigenvalue weighted by Gasteiger charge is -2.33. The lowest BCUT2D eigenvalue weighted by Crippen LogP contribution is -2.43. The second-order valence-corrected chi connectivity index (χ2v) is 10.9. The van der Waals surface area contributed by atoms with Gasteiger partial charge in [0.15, 0.2) is 0 Å². The molecule has 4 aromatic rings. The van der Waals surface area contributed by atoms with Crippen LogP contribution in [0.2, 0.25) is 0 Å². The molecule has 43 heavy (non-hydrogen) atoms. The normalized spacial score (nSPS) is 18.7. The molecule has 0 aromatic heterocycles. The monoisotopic (exact) mass is 576 g/mol. The molecular formula is C36H33FN2O4. The molecule has 218 valence electrons. The van der Waals surface area contributed by atoms with E-state index in [0.29, 0.717) is 17.7 Å². The van der Waals surface area contributed by atoms with Crippen LogP contribution in [-0.2, 0) is 16.1 Å². The fraction of sp³-hybridized carbons (Fsp3) is 0.222. The molecule has 0 saturated carbocycles. The van der Waals surface area contributed by atoms with Crippen molar-refractivity contribution in [3.8, 4) is 16.9 Å². The number of benzene rings is 4. The van der Waals surface area contributed by atoms with Crippen molar-refractivity contribution >= 4 is 12.0 Å². The van der Waals surface area contributed by atoms with Crippen LogP contribution in [-0.4, -0.2) is 36.7 Å². The van der Waals surface area contributed by atoms with E-state index in [-0.39, 0.29) is 43.3 Å². The number of fused-ring (bicyclic) bond motifs is 3. The number of nitrogens with zero attached hydrogens (tertiary/aromatic N) is 1. The Labute approximate surface area is 250 Å². The zero-order chi connectivity index (χ0) is 29.8. The third-order valence-corrected chi connectivity index (χ3v) is 8.18. The van der Waals surface area contributed by atoms with Gasteiger partial charge in [0.1, 0.15) is 18.2 Å². The molecule has 0 bridgehead atoms. The Morgan fingerprint density at radius 3 is 2.30 bits per heavy atom. The average Bonchev–Trinajstić information content (AvgIpc) is 3.34. The number of methoxy groups -OCH3 is 1. The fourth-order valence-corrected chi connectivity index (χ4v) is 6.07. The van der Waals surface area contributed by atoms with Crippen LogP contribution in [0.25, 0.3) is 11.1 Å². The van der Waals surface area contributed by atoms with E-state index in [2.05, 4.69) is 29.6 Å². The van der Waals surface area contributed by atoms with Crippen LogP contribution >= 0.6 is 0 Å². The van der Waals surface area contributed by atoms with Gasteiger partial charge in [-0.1, -0.05) is 84.9 Å². The Morgan fingerprint density at radius 2 is 1.63 bits per heavy atom. The molecule has 0 radical (unpaired) electrons. The molecule has 0 fully saturated rings. The quantitative estimate of drug-likeness (QED) is 0.237. The molecule has 2 amide bonds. The summed E-state index contributed by atoms with van der Waals surface area (Å²) in [6.07, 6.45) is 3.93. The van der Waals surface area contributed by atoms with Crippen LogP contribution in [0.5, 0.6) is 5.75 Å². The minimum Gasteiger partial charge on any atom is -0.497 e. The largest absolute Gasteiger partial charge is 0.497 e.